The molecule has 0 spiro atoms. The van der Waals surface area contributed by atoms with Crippen LogP contribution < -0.4 is 5.32 Å². The molecule has 0 aliphatic rings. The van der Waals surface area contributed by atoms with Gasteiger partial charge in [0.1, 0.15) is 0 Å². The van der Waals surface area contributed by atoms with Crippen molar-refractivity contribution < 1.29 is 0 Å². The largest absolute Gasteiger partial charge is 0.308 e. The lowest BCUT2D eigenvalue weighted by molar-refractivity contribution is 0.695. The van der Waals surface area contributed by atoms with Gasteiger partial charge in [-0.15, -0.1) is 0 Å². The Morgan fingerprint density at radius 3 is 2.74 bits per heavy atom. The normalized spacial score (nSPS) is 11.0. The average molecular weight is 251 g/mol. The molecule has 0 atom stereocenters. The maximum absolute atomic E-state index is 4.17. The molecule has 1 N–H and O–H groups in total. The molecular formula is C16H17N3. The minimum atomic E-state index is 0.844. The van der Waals surface area contributed by atoms with Crippen molar-refractivity contribution in [2.45, 2.75) is 13.1 Å². The molecule has 2 aromatic carbocycles. The monoisotopic (exact) mass is 251 g/mol. The fraction of sp³-hybridized carbons (Fsp3) is 0.188. The second-order valence-corrected chi connectivity index (χ2v) is 4.76. The summed E-state index contributed by atoms with van der Waals surface area (Å²) in [6.07, 6.45) is 3.94. The van der Waals surface area contributed by atoms with Gasteiger partial charge >= 0.3 is 0 Å². The van der Waals surface area contributed by atoms with E-state index in [1.165, 1.54) is 21.9 Å². The molecule has 0 aliphatic heterocycles. The van der Waals surface area contributed by atoms with Crippen LogP contribution in [0.1, 0.15) is 11.1 Å². The molecule has 3 rings (SSSR count). The highest BCUT2D eigenvalue weighted by atomic mass is 15.2. The highest BCUT2D eigenvalue weighted by molar-refractivity contribution is 5.85. The molecule has 3 heteroatoms. The molecule has 19 heavy (non-hydrogen) atoms. The molecule has 1 aromatic heterocycles. The highest BCUT2D eigenvalue weighted by Gasteiger charge is 2.00. The van der Waals surface area contributed by atoms with E-state index in [1.807, 2.05) is 24.1 Å². The van der Waals surface area contributed by atoms with Crippen molar-refractivity contribution in [1.29, 1.82) is 0 Å². The summed E-state index contributed by atoms with van der Waals surface area (Å²) in [5.74, 6) is 0. The Bertz CT molecular complexity index is 680. The van der Waals surface area contributed by atoms with Crippen LogP contribution in [0.3, 0.4) is 0 Å². The molecule has 0 unspecified atom stereocenters. The third kappa shape index (κ3) is 2.66. The van der Waals surface area contributed by atoms with Crippen molar-refractivity contribution in [2.75, 3.05) is 0 Å². The van der Waals surface area contributed by atoms with Crippen molar-refractivity contribution >= 4 is 10.8 Å². The molecular weight excluding hydrogens is 234 g/mol. The summed E-state index contributed by atoms with van der Waals surface area (Å²) in [6, 6.07) is 14.9. The molecule has 0 radical (unpaired) electrons. The number of aryl methyl sites for hydroxylation is 1. The standard InChI is InChI=1S/C16H17N3/c1-19-12-13(10-18-19)9-17-11-15-7-4-6-14-5-2-3-8-16(14)15/h2-8,10,12,17H,9,11H2,1H3. The number of fused-ring (bicyclic) bond motifs is 1. The van der Waals surface area contributed by atoms with Gasteiger partial charge in [-0.25, -0.2) is 0 Å². The van der Waals surface area contributed by atoms with Gasteiger partial charge in [0, 0.05) is 31.9 Å². The van der Waals surface area contributed by atoms with E-state index in [1.54, 1.807) is 0 Å². The summed E-state index contributed by atoms with van der Waals surface area (Å²) in [5.41, 5.74) is 2.55. The molecule has 0 amide bonds. The first-order chi connectivity index (χ1) is 9.33. The Morgan fingerprint density at radius 2 is 1.89 bits per heavy atom. The predicted octanol–water partition coefficient (Wildman–Crippen LogP) is 2.86. The Balaban J connectivity index is 1.71. The van der Waals surface area contributed by atoms with Crippen molar-refractivity contribution in [3.05, 3.63) is 66.0 Å². The number of nitrogens with one attached hydrogen (secondary N) is 1. The molecule has 0 bridgehead atoms. The summed E-state index contributed by atoms with van der Waals surface area (Å²) in [7, 11) is 1.94. The molecule has 0 fully saturated rings. The number of hydrogen-bond acceptors (Lipinski definition) is 2. The Kier molecular flexibility index (Phi) is 3.29. The summed E-state index contributed by atoms with van der Waals surface area (Å²) in [4.78, 5) is 0. The molecule has 96 valence electrons. The Hall–Kier alpha value is -2.13. The zero-order valence-electron chi connectivity index (χ0n) is 11.0. The maximum Gasteiger partial charge on any atom is 0.0534 e. The van der Waals surface area contributed by atoms with Gasteiger partial charge in [-0.2, -0.15) is 5.10 Å². The van der Waals surface area contributed by atoms with Crippen LogP contribution in [-0.2, 0) is 20.1 Å². The first-order valence-corrected chi connectivity index (χ1v) is 6.48. The molecule has 3 aromatic rings. The van der Waals surface area contributed by atoms with E-state index in [2.05, 4.69) is 52.9 Å². The first kappa shape index (κ1) is 11.9. The summed E-state index contributed by atoms with van der Waals surface area (Å²) in [5, 5.41) is 10.3. The van der Waals surface area contributed by atoms with Crippen LogP contribution in [0, 0.1) is 0 Å². The number of benzene rings is 2. The van der Waals surface area contributed by atoms with E-state index in [-0.39, 0.29) is 0 Å². The van der Waals surface area contributed by atoms with Gasteiger partial charge in [-0.3, -0.25) is 4.68 Å². The SMILES string of the molecule is Cn1cc(CNCc2cccc3ccccc23)cn1. The number of rotatable bonds is 4. The molecule has 0 saturated carbocycles. The second-order valence-electron chi connectivity index (χ2n) is 4.76. The predicted molar refractivity (Wildman–Crippen MR) is 77.7 cm³/mol. The average Bonchev–Trinajstić information content (AvgIpc) is 2.85. The fourth-order valence-electron chi connectivity index (χ4n) is 2.35. The van der Waals surface area contributed by atoms with Crippen LogP contribution in [0.15, 0.2) is 54.9 Å². The lowest BCUT2D eigenvalue weighted by Crippen LogP contribution is -2.12. The van der Waals surface area contributed by atoms with Crippen LogP contribution in [0.25, 0.3) is 10.8 Å². The van der Waals surface area contributed by atoms with E-state index in [4.69, 9.17) is 0 Å². The van der Waals surface area contributed by atoms with E-state index in [0.717, 1.165) is 13.1 Å². The van der Waals surface area contributed by atoms with Gasteiger partial charge in [-0.05, 0) is 16.3 Å². The van der Waals surface area contributed by atoms with Crippen LogP contribution in [0.2, 0.25) is 0 Å². The van der Waals surface area contributed by atoms with Crippen molar-refractivity contribution in [3.8, 4) is 0 Å². The van der Waals surface area contributed by atoms with Gasteiger partial charge in [0.05, 0.1) is 6.20 Å². The zero-order valence-corrected chi connectivity index (χ0v) is 11.0. The van der Waals surface area contributed by atoms with Crippen LogP contribution in [0.4, 0.5) is 0 Å². The Labute approximate surface area is 112 Å². The van der Waals surface area contributed by atoms with Crippen molar-refractivity contribution in [3.63, 3.8) is 0 Å². The minimum Gasteiger partial charge on any atom is -0.308 e. The maximum atomic E-state index is 4.17. The molecule has 0 aliphatic carbocycles. The smallest absolute Gasteiger partial charge is 0.0534 e. The van der Waals surface area contributed by atoms with Gasteiger partial charge in [0.2, 0.25) is 0 Å². The van der Waals surface area contributed by atoms with Gasteiger partial charge in [-0.1, -0.05) is 42.5 Å². The van der Waals surface area contributed by atoms with Gasteiger partial charge in [0.15, 0.2) is 0 Å². The third-order valence-electron chi connectivity index (χ3n) is 3.28. The number of hydrogen-bond donors (Lipinski definition) is 1. The summed E-state index contributed by atoms with van der Waals surface area (Å²) >= 11 is 0. The summed E-state index contributed by atoms with van der Waals surface area (Å²) < 4.78 is 1.83. The fourth-order valence-corrected chi connectivity index (χ4v) is 2.35. The molecule has 3 nitrogen and oxygen atoms in total. The second kappa shape index (κ2) is 5.24. The van der Waals surface area contributed by atoms with E-state index in [9.17, 15) is 0 Å². The van der Waals surface area contributed by atoms with Crippen LogP contribution in [-0.4, -0.2) is 9.78 Å². The van der Waals surface area contributed by atoms with E-state index < -0.39 is 0 Å². The first-order valence-electron chi connectivity index (χ1n) is 6.48. The topological polar surface area (TPSA) is 29.9 Å². The van der Waals surface area contributed by atoms with Crippen molar-refractivity contribution in [2.24, 2.45) is 7.05 Å². The summed E-state index contributed by atoms with van der Waals surface area (Å²) in [6.45, 7) is 1.72. The quantitative estimate of drug-likeness (QED) is 0.772. The van der Waals surface area contributed by atoms with Crippen molar-refractivity contribution in [1.82, 2.24) is 15.1 Å². The number of nitrogens with zero attached hydrogens (tertiary/aromatic N) is 2. The van der Waals surface area contributed by atoms with Gasteiger partial charge in [0.25, 0.3) is 0 Å². The lowest BCUT2D eigenvalue weighted by atomic mass is 10.0. The van der Waals surface area contributed by atoms with Crippen LogP contribution >= 0.6 is 0 Å². The zero-order chi connectivity index (χ0) is 13.1. The molecule has 0 saturated heterocycles. The lowest BCUT2D eigenvalue weighted by Gasteiger charge is -2.07. The van der Waals surface area contributed by atoms with E-state index >= 15 is 0 Å². The number of aromatic nitrogens is 2. The Morgan fingerprint density at radius 1 is 1.05 bits per heavy atom. The van der Waals surface area contributed by atoms with Gasteiger partial charge < -0.3 is 5.32 Å². The highest BCUT2D eigenvalue weighted by Crippen LogP contribution is 2.18. The minimum absolute atomic E-state index is 0.844. The van der Waals surface area contributed by atoms with Crippen LogP contribution in [0.5, 0.6) is 0 Å². The third-order valence-corrected chi connectivity index (χ3v) is 3.28. The van der Waals surface area contributed by atoms with E-state index in [0.29, 0.717) is 0 Å². The molecule has 1 heterocycles.